The second-order valence-electron chi connectivity index (χ2n) is 4.57. The van der Waals surface area contributed by atoms with Gasteiger partial charge in [0.05, 0.1) is 17.1 Å². The Morgan fingerprint density at radius 3 is 2.89 bits per heavy atom. The molecule has 0 amide bonds. The standard InChI is InChI=1S/C14H14BN3/c1-8(16-2)14-17-12-6-3-9-7-10(15)4-5-11(9)13(12)18-14/h3-8,16H,1-2H3,(H,17,18)/t8-/m0/s1. The number of nitrogens with zero attached hydrogens (tertiary/aromatic N) is 1. The smallest absolute Gasteiger partial charge is 0.124 e. The van der Waals surface area contributed by atoms with Gasteiger partial charge in [-0.3, -0.25) is 0 Å². The number of fused-ring (bicyclic) bond motifs is 3. The molecule has 0 spiro atoms. The molecule has 2 radical (unpaired) electrons. The van der Waals surface area contributed by atoms with E-state index in [9.17, 15) is 0 Å². The summed E-state index contributed by atoms with van der Waals surface area (Å²) in [7, 11) is 7.73. The van der Waals surface area contributed by atoms with Crippen molar-refractivity contribution in [3.05, 3.63) is 36.2 Å². The Labute approximate surface area is 107 Å². The van der Waals surface area contributed by atoms with Gasteiger partial charge in [-0.25, -0.2) is 4.98 Å². The molecule has 88 valence electrons. The van der Waals surface area contributed by atoms with Crippen LogP contribution in [-0.4, -0.2) is 24.9 Å². The summed E-state index contributed by atoms with van der Waals surface area (Å²) >= 11 is 0. The fraction of sp³-hybridized carbons (Fsp3) is 0.214. The van der Waals surface area contributed by atoms with Gasteiger partial charge in [0.15, 0.2) is 0 Å². The molecule has 4 heteroatoms. The SMILES string of the molecule is [B]c1ccc2c(ccc3[nH]c([C@H](C)NC)nc32)c1. The van der Waals surface area contributed by atoms with E-state index in [2.05, 4.69) is 34.3 Å². The van der Waals surface area contributed by atoms with Gasteiger partial charge in [-0.05, 0) is 25.4 Å². The molecular weight excluding hydrogens is 221 g/mol. The van der Waals surface area contributed by atoms with Crippen LogP contribution in [0.25, 0.3) is 21.8 Å². The molecule has 0 aliphatic rings. The fourth-order valence-electron chi connectivity index (χ4n) is 2.18. The average molecular weight is 235 g/mol. The maximum atomic E-state index is 5.80. The van der Waals surface area contributed by atoms with Gasteiger partial charge in [0.2, 0.25) is 0 Å². The van der Waals surface area contributed by atoms with Gasteiger partial charge in [-0.1, -0.05) is 29.7 Å². The highest BCUT2D eigenvalue weighted by molar-refractivity contribution is 6.33. The summed E-state index contributed by atoms with van der Waals surface area (Å²) in [5.74, 6) is 0.955. The van der Waals surface area contributed by atoms with Crippen LogP contribution in [0.3, 0.4) is 0 Å². The molecule has 2 aromatic carbocycles. The number of nitrogens with one attached hydrogen (secondary N) is 2. The number of hydrogen-bond acceptors (Lipinski definition) is 2. The lowest BCUT2D eigenvalue weighted by Gasteiger charge is -2.04. The van der Waals surface area contributed by atoms with Crippen LogP contribution in [0, 0.1) is 0 Å². The first-order chi connectivity index (χ1) is 8.69. The molecule has 3 rings (SSSR count). The van der Waals surface area contributed by atoms with E-state index >= 15 is 0 Å². The van der Waals surface area contributed by atoms with Crippen LogP contribution in [0.1, 0.15) is 18.8 Å². The number of benzene rings is 2. The number of imidazole rings is 1. The number of aromatic amines is 1. The van der Waals surface area contributed by atoms with Crippen molar-refractivity contribution in [2.45, 2.75) is 13.0 Å². The normalized spacial score (nSPS) is 13.2. The summed E-state index contributed by atoms with van der Waals surface area (Å²) < 4.78 is 0. The number of aromatic nitrogens is 2. The van der Waals surface area contributed by atoms with Crippen molar-refractivity contribution in [1.82, 2.24) is 15.3 Å². The minimum absolute atomic E-state index is 0.209. The highest BCUT2D eigenvalue weighted by Gasteiger charge is 2.10. The fourth-order valence-corrected chi connectivity index (χ4v) is 2.18. The van der Waals surface area contributed by atoms with E-state index in [1.165, 1.54) is 0 Å². The Hall–Kier alpha value is -1.81. The van der Waals surface area contributed by atoms with Crippen LogP contribution >= 0.6 is 0 Å². The molecule has 18 heavy (non-hydrogen) atoms. The third-order valence-electron chi connectivity index (χ3n) is 3.35. The summed E-state index contributed by atoms with van der Waals surface area (Å²) in [6.45, 7) is 2.08. The Bertz CT molecular complexity index is 717. The third-order valence-corrected chi connectivity index (χ3v) is 3.35. The van der Waals surface area contributed by atoms with Crippen LogP contribution < -0.4 is 10.8 Å². The minimum atomic E-state index is 0.209. The summed E-state index contributed by atoms with van der Waals surface area (Å²) in [6.07, 6.45) is 0. The Balaban J connectivity index is 2.30. The molecule has 2 N–H and O–H groups in total. The molecule has 1 aromatic heterocycles. The van der Waals surface area contributed by atoms with Crippen molar-refractivity contribution < 1.29 is 0 Å². The molecule has 3 aromatic rings. The third kappa shape index (κ3) is 1.69. The van der Waals surface area contributed by atoms with E-state index in [0.29, 0.717) is 0 Å². The first-order valence-electron chi connectivity index (χ1n) is 6.04. The van der Waals surface area contributed by atoms with Crippen LogP contribution in [0.5, 0.6) is 0 Å². The van der Waals surface area contributed by atoms with Crippen molar-refractivity contribution in [3.63, 3.8) is 0 Å². The lowest BCUT2D eigenvalue weighted by molar-refractivity contribution is 0.620. The molecule has 0 unspecified atom stereocenters. The van der Waals surface area contributed by atoms with Crippen LogP contribution in [-0.2, 0) is 0 Å². The van der Waals surface area contributed by atoms with Gasteiger partial charge in [0.25, 0.3) is 0 Å². The maximum absolute atomic E-state index is 5.80. The molecule has 0 saturated heterocycles. The predicted molar refractivity (Wildman–Crippen MR) is 76.5 cm³/mol. The Kier molecular flexibility index (Phi) is 2.60. The van der Waals surface area contributed by atoms with Gasteiger partial charge in [0.1, 0.15) is 13.7 Å². The van der Waals surface area contributed by atoms with Gasteiger partial charge >= 0.3 is 0 Å². The second kappa shape index (κ2) is 4.14. The Morgan fingerprint density at radius 2 is 2.11 bits per heavy atom. The zero-order valence-electron chi connectivity index (χ0n) is 10.5. The number of rotatable bonds is 2. The molecule has 1 atom stereocenters. The maximum Gasteiger partial charge on any atom is 0.124 e. The lowest BCUT2D eigenvalue weighted by atomic mass is 9.93. The van der Waals surface area contributed by atoms with E-state index in [1.54, 1.807) is 0 Å². The van der Waals surface area contributed by atoms with Crippen LogP contribution in [0.4, 0.5) is 0 Å². The van der Waals surface area contributed by atoms with Gasteiger partial charge in [0, 0.05) is 5.39 Å². The quantitative estimate of drug-likeness (QED) is 0.665. The van der Waals surface area contributed by atoms with E-state index in [1.807, 2.05) is 25.2 Å². The highest BCUT2D eigenvalue weighted by Crippen LogP contribution is 2.24. The first kappa shape index (κ1) is 11.3. The van der Waals surface area contributed by atoms with E-state index in [0.717, 1.165) is 33.1 Å². The first-order valence-corrected chi connectivity index (χ1v) is 6.04. The molecule has 1 heterocycles. The molecule has 0 aliphatic carbocycles. The number of hydrogen-bond donors (Lipinski definition) is 2. The second-order valence-corrected chi connectivity index (χ2v) is 4.57. The predicted octanol–water partition coefficient (Wildman–Crippen LogP) is 1.79. The monoisotopic (exact) mass is 235 g/mol. The summed E-state index contributed by atoms with van der Waals surface area (Å²) in [5.41, 5.74) is 2.84. The van der Waals surface area contributed by atoms with Crippen molar-refractivity contribution >= 4 is 35.1 Å². The molecule has 0 aliphatic heterocycles. The average Bonchev–Trinajstić information content (AvgIpc) is 2.81. The van der Waals surface area contributed by atoms with Crippen molar-refractivity contribution in [2.24, 2.45) is 0 Å². The Morgan fingerprint density at radius 1 is 1.28 bits per heavy atom. The lowest BCUT2D eigenvalue weighted by Crippen LogP contribution is -2.13. The summed E-state index contributed by atoms with van der Waals surface area (Å²) in [4.78, 5) is 8.03. The summed E-state index contributed by atoms with van der Waals surface area (Å²) in [5, 5.41) is 5.44. The molecule has 0 bridgehead atoms. The van der Waals surface area contributed by atoms with Crippen LogP contribution in [0.2, 0.25) is 0 Å². The van der Waals surface area contributed by atoms with E-state index < -0.39 is 0 Å². The van der Waals surface area contributed by atoms with E-state index in [4.69, 9.17) is 7.85 Å². The zero-order valence-corrected chi connectivity index (χ0v) is 10.5. The topological polar surface area (TPSA) is 40.7 Å². The largest absolute Gasteiger partial charge is 0.341 e. The molecule has 3 nitrogen and oxygen atoms in total. The van der Waals surface area contributed by atoms with Gasteiger partial charge in [-0.2, -0.15) is 0 Å². The van der Waals surface area contributed by atoms with Crippen molar-refractivity contribution in [3.8, 4) is 0 Å². The van der Waals surface area contributed by atoms with Crippen LogP contribution in [0.15, 0.2) is 30.3 Å². The highest BCUT2D eigenvalue weighted by atomic mass is 15.0. The van der Waals surface area contributed by atoms with Gasteiger partial charge in [-0.15, -0.1) is 0 Å². The number of H-pyrrole nitrogens is 1. The molecular formula is C14H14BN3. The molecule has 0 saturated carbocycles. The zero-order chi connectivity index (χ0) is 12.7. The molecule has 0 fully saturated rings. The summed E-state index contributed by atoms with van der Waals surface area (Å²) in [6, 6.07) is 10.3. The minimum Gasteiger partial charge on any atom is -0.341 e. The van der Waals surface area contributed by atoms with Gasteiger partial charge < -0.3 is 10.3 Å². The van der Waals surface area contributed by atoms with Crippen molar-refractivity contribution in [1.29, 1.82) is 0 Å². The van der Waals surface area contributed by atoms with Crippen molar-refractivity contribution in [2.75, 3.05) is 7.05 Å². The van der Waals surface area contributed by atoms with E-state index in [-0.39, 0.29) is 6.04 Å².